The quantitative estimate of drug-likeness (QED) is 0.818. The summed E-state index contributed by atoms with van der Waals surface area (Å²) in [5.41, 5.74) is 3.54. The number of fused-ring (bicyclic) bond motifs is 1. The SMILES string of the molecule is CCCNC(c1ccc2c(c1)CCO2)c1cc(Cl)sc1Cl. The minimum atomic E-state index is 0.0760. The lowest BCUT2D eigenvalue weighted by atomic mass is 9.98. The molecule has 2 heterocycles. The normalized spacial score (nSPS) is 14.8. The average molecular weight is 342 g/mol. The van der Waals surface area contributed by atoms with Gasteiger partial charge in [-0.3, -0.25) is 0 Å². The molecule has 0 spiro atoms. The first-order valence-electron chi connectivity index (χ1n) is 7.12. The van der Waals surface area contributed by atoms with Crippen molar-refractivity contribution in [2.24, 2.45) is 0 Å². The second-order valence-electron chi connectivity index (χ2n) is 5.13. The van der Waals surface area contributed by atoms with Crippen LogP contribution in [0.15, 0.2) is 24.3 Å². The number of rotatable bonds is 5. The van der Waals surface area contributed by atoms with Crippen molar-refractivity contribution in [3.63, 3.8) is 0 Å². The van der Waals surface area contributed by atoms with E-state index < -0.39 is 0 Å². The van der Waals surface area contributed by atoms with Crippen molar-refractivity contribution >= 4 is 34.5 Å². The van der Waals surface area contributed by atoms with Crippen LogP contribution >= 0.6 is 34.5 Å². The summed E-state index contributed by atoms with van der Waals surface area (Å²) in [5, 5.41) is 3.57. The van der Waals surface area contributed by atoms with E-state index in [0.29, 0.717) is 0 Å². The highest BCUT2D eigenvalue weighted by molar-refractivity contribution is 7.20. The monoisotopic (exact) mass is 341 g/mol. The minimum absolute atomic E-state index is 0.0760. The fourth-order valence-corrected chi connectivity index (χ4v) is 4.16. The van der Waals surface area contributed by atoms with Crippen molar-refractivity contribution in [2.75, 3.05) is 13.2 Å². The molecule has 0 saturated carbocycles. The molecule has 0 bridgehead atoms. The van der Waals surface area contributed by atoms with Gasteiger partial charge >= 0.3 is 0 Å². The van der Waals surface area contributed by atoms with Crippen molar-refractivity contribution in [2.45, 2.75) is 25.8 Å². The van der Waals surface area contributed by atoms with E-state index in [1.165, 1.54) is 22.5 Å². The van der Waals surface area contributed by atoms with Crippen LogP contribution in [0.5, 0.6) is 5.75 Å². The van der Waals surface area contributed by atoms with Crippen molar-refractivity contribution in [1.29, 1.82) is 0 Å². The van der Waals surface area contributed by atoms with E-state index in [9.17, 15) is 0 Å². The highest BCUT2D eigenvalue weighted by atomic mass is 35.5. The van der Waals surface area contributed by atoms with Crippen molar-refractivity contribution in [3.8, 4) is 5.75 Å². The Bertz CT molecular complexity index is 641. The van der Waals surface area contributed by atoms with Crippen LogP contribution in [0.3, 0.4) is 0 Å². The molecule has 5 heteroatoms. The van der Waals surface area contributed by atoms with Gasteiger partial charge in [-0.15, -0.1) is 11.3 Å². The minimum Gasteiger partial charge on any atom is -0.493 e. The van der Waals surface area contributed by atoms with Crippen LogP contribution in [0.25, 0.3) is 0 Å². The first kappa shape index (κ1) is 15.2. The smallest absolute Gasteiger partial charge is 0.122 e. The molecule has 1 N–H and O–H groups in total. The van der Waals surface area contributed by atoms with Crippen molar-refractivity contribution < 1.29 is 4.74 Å². The molecular formula is C16H17Cl2NOS. The Balaban J connectivity index is 1.97. The zero-order chi connectivity index (χ0) is 14.8. The van der Waals surface area contributed by atoms with Crippen LogP contribution < -0.4 is 10.1 Å². The summed E-state index contributed by atoms with van der Waals surface area (Å²) in [6, 6.07) is 8.43. The zero-order valence-corrected chi connectivity index (χ0v) is 14.1. The average Bonchev–Trinajstić information content (AvgIpc) is 3.05. The second-order valence-corrected chi connectivity index (χ2v) is 7.42. The lowest BCUT2D eigenvalue weighted by Crippen LogP contribution is -2.23. The van der Waals surface area contributed by atoms with Crippen molar-refractivity contribution in [1.82, 2.24) is 5.32 Å². The Morgan fingerprint density at radius 3 is 2.90 bits per heavy atom. The number of nitrogens with one attached hydrogen (secondary N) is 1. The lowest BCUT2D eigenvalue weighted by Gasteiger charge is -2.19. The maximum absolute atomic E-state index is 6.36. The highest BCUT2D eigenvalue weighted by Gasteiger charge is 2.21. The number of thiophene rings is 1. The zero-order valence-electron chi connectivity index (χ0n) is 11.8. The molecule has 112 valence electrons. The Hall–Kier alpha value is -0.740. The Morgan fingerprint density at radius 1 is 1.33 bits per heavy atom. The molecule has 1 aliphatic rings. The van der Waals surface area contributed by atoms with E-state index >= 15 is 0 Å². The standard InChI is InChI=1S/C16H17Cl2NOS/c1-2-6-19-15(12-9-14(17)21-16(12)18)11-3-4-13-10(8-11)5-7-20-13/h3-4,8-9,15,19H,2,5-7H2,1H3. The number of halogens is 2. The molecule has 21 heavy (non-hydrogen) atoms. The maximum Gasteiger partial charge on any atom is 0.122 e. The summed E-state index contributed by atoms with van der Waals surface area (Å²) < 4.78 is 7.06. The van der Waals surface area contributed by atoms with Crippen LogP contribution in [0.4, 0.5) is 0 Å². The summed E-state index contributed by atoms with van der Waals surface area (Å²) in [6.45, 7) is 3.86. The molecule has 0 amide bonds. The van der Waals surface area contributed by atoms with E-state index in [2.05, 4.69) is 30.4 Å². The fraction of sp³-hybridized carbons (Fsp3) is 0.375. The van der Waals surface area contributed by atoms with Crippen LogP contribution in [0.1, 0.15) is 36.1 Å². The molecule has 1 unspecified atom stereocenters. The summed E-state index contributed by atoms with van der Waals surface area (Å²) >= 11 is 13.9. The van der Waals surface area contributed by atoms with Crippen LogP contribution in [0.2, 0.25) is 8.67 Å². The van der Waals surface area contributed by atoms with Gasteiger partial charge < -0.3 is 10.1 Å². The highest BCUT2D eigenvalue weighted by Crippen LogP contribution is 2.38. The Morgan fingerprint density at radius 2 is 2.19 bits per heavy atom. The largest absolute Gasteiger partial charge is 0.493 e. The van der Waals surface area contributed by atoms with Gasteiger partial charge in [0, 0.05) is 12.0 Å². The van der Waals surface area contributed by atoms with Gasteiger partial charge in [-0.25, -0.2) is 0 Å². The molecule has 0 radical (unpaired) electrons. The van der Waals surface area contributed by atoms with Gasteiger partial charge in [-0.05, 0) is 36.2 Å². The third-order valence-electron chi connectivity index (χ3n) is 3.64. The predicted octanol–water partition coefficient (Wildman–Crippen LogP) is 5.08. The van der Waals surface area contributed by atoms with Gasteiger partial charge in [-0.1, -0.05) is 42.3 Å². The van der Waals surface area contributed by atoms with E-state index in [1.54, 1.807) is 0 Å². The molecule has 1 aliphatic heterocycles. The van der Waals surface area contributed by atoms with E-state index in [1.807, 2.05) is 6.07 Å². The first-order chi connectivity index (χ1) is 10.2. The summed E-state index contributed by atoms with van der Waals surface area (Å²) in [7, 11) is 0. The topological polar surface area (TPSA) is 21.3 Å². The molecule has 3 rings (SSSR count). The van der Waals surface area contributed by atoms with Gasteiger partial charge in [0.2, 0.25) is 0 Å². The van der Waals surface area contributed by atoms with Gasteiger partial charge in [0.15, 0.2) is 0 Å². The maximum atomic E-state index is 6.36. The fourth-order valence-electron chi connectivity index (χ4n) is 2.63. The Labute approximate surface area is 139 Å². The van der Waals surface area contributed by atoms with E-state index in [0.717, 1.165) is 46.0 Å². The molecule has 0 fully saturated rings. The number of benzene rings is 1. The lowest BCUT2D eigenvalue weighted by molar-refractivity contribution is 0.357. The van der Waals surface area contributed by atoms with Gasteiger partial charge in [0.25, 0.3) is 0 Å². The molecular weight excluding hydrogens is 325 g/mol. The number of hydrogen-bond acceptors (Lipinski definition) is 3. The van der Waals surface area contributed by atoms with E-state index in [-0.39, 0.29) is 6.04 Å². The molecule has 1 aromatic carbocycles. The summed E-state index contributed by atoms with van der Waals surface area (Å²) in [4.78, 5) is 0. The molecule has 1 atom stereocenters. The summed E-state index contributed by atoms with van der Waals surface area (Å²) in [5.74, 6) is 1.00. The first-order valence-corrected chi connectivity index (χ1v) is 8.70. The number of ether oxygens (including phenoxy) is 1. The van der Waals surface area contributed by atoms with E-state index in [4.69, 9.17) is 27.9 Å². The van der Waals surface area contributed by atoms with Crippen LogP contribution in [-0.2, 0) is 6.42 Å². The third-order valence-corrected chi connectivity index (χ3v) is 5.16. The predicted molar refractivity (Wildman–Crippen MR) is 90.1 cm³/mol. The van der Waals surface area contributed by atoms with Crippen LogP contribution in [-0.4, -0.2) is 13.2 Å². The Kier molecular flexibility index (Phi) is 4.75. The third kappa shape index (κ3) is 3.21. The van der Waals surface area contributed by atoms with Crippen LogP contribution in [0, 0.1) is 0 Å². The molecule has 0 saturated heterocycles. The molecule has 1 aromatic heterocycles. The van der Waals surface area contributed by atoms with Gasteiger partial charge in [0.05, 0.1) is 21.3 Å². The van der Waals surface area contributed by atoms with Crippen molar-refractivity contribution in [3.05, 3.63) is 49.6 Å². The molecule has 0 aliphatic carbocycles. The van der Waals surface area contributed by atoms with Gasteiger partial charge in [0.1, 0.15) is 5.75 Å². The number of hydrogen-bond donors (Lipinski definition) is 1. The van der Waals surface area contributed by atoms with Gasteiger partial charge in [-0.2, -0.15) is 0 Å². The summed E-state index contributed by atoms with van der Waals surface area (Å²) in [6.07, 6.45) is 2.04. The molecule has 2 nitrogen and oxygen atoms in total. The molecule has 2 aromatic rings. The second kappa shape index (κ2) is 6.57.